The van der Waals surface area contributed by atoms with Crippen LogP contribution in [-0.4, -0.2) is 11.6 Å². The van der Waals surface area contributed by atoms with Crippen molar-refractivity contribution in [1.29, 1.82) is 0 Å². The molecule has 4 N–H and O–H groups in total. The average Bonchev–Trinajstić information content (AvgIpc) is 2.25. The van der Waals surface area contributed by atoms with E-state index in [1.165, 1.54) is 12.2 Å². The number of nitrogens with two attached hydrogens (primary N) is 2. The summed E-state index contributed by atoms with van der Waals surface area (Å²) in [5.41, 5.74) is 12.3. The molecule has 2 nitrogen and oxygen atoms in total. The van der Waals surface area contributed by atoms with Crippen molar-refractivity contribution in [3.05, 3.63) is 60.0 Å². The fourth-order valence-corrected chi connectivity index (χ4v) is 1.89. The molecule has 84 valence electrons. The highest BCUT2D eigenvalue weighted by Crippen LogP contribution is 2.23. The molecule has 0 radical (unpaired) electrons. The first-order valence-electron chi connectivity index (χ1n) is 5.25. The fourth-order valence-electron chi connectivity index (χ4n) is 1.89. The van der Waals surface area contributed by atoms with Crippen LogP contribution in [0.3, 0.4) is 0 Å². The molecule has 2 atom stereocenters. The topological polar surface area (TPSA) is 52.0 Å². The van der Waals surface area contributed by atoms with Crippen molar-refractivity contribution in [3.63, 3.8) is 0 Å². The van der Waals surface area contributed by atoms with Gasteiger partial charge in [-0.3, -0.25) is 0 Å². The van der Waals surface area contributed by atoms with Crippen LogP contribution in [-0.2, 0) is 6.42 Å². The molecule has 0 fully saturated rings. The third-order valence-electron chi connectivity index (χ3n) is 2.84. The minimum absolute atomic E-state index is 0.319. The Balaban J connectivity index is 2.23. The Hall–Kier alpha value is -1.45. The minimum Gasteiger partial charge on any atom is -0.323 e. The van der Waals surface area contributed by atoms with E-state index in [-0.39, 0.29) is 11.9 Å². The summed E-state index contributed by atoms with van der Waals surface area (Å²) in [6, 6.07) is 9.37. The molecular formula is C13H15FN2. The second-order valence-electron chi connectivity index (χ2n) is 4.19. The van der Waals surface area contributed by atoms with Crippen LogP contribution < -0.4 is 11.5 Å². The molecule has 0 heterocycles. The quantitative estimate of drug-likeness (QED) is 0.793. The number of halogens is 1. The van der Waals surface area contributed by atoms with Crippen molar-refractivity contribution in [3.8, 4) is 0 Å². The lowest BCUT2D eigenvalue weighted by Gasteiger charge is -2.33. The second kappa shape index (κ2) is 4.20. The van der Waals surface area contributed by atoms with Crippen LogP contribution in [0.1, 0.15) is 5.56 Å². The summed E-state index contributed by atoms with van der Waals surface area (Å²) in [5, 5.41) is 0. The highest BCUT2D eigenvalue weighted by Gasteiger charge is 2.31. The molecule has 0 amide bonds. The Morgan fingerprint density at radius 3 is 2.62 bits per heavy atom. The lowest BCUT2D eigenvalue weighted by Crippen LogP contribution is -2.55. The monoisotopic (exact) mass is 218 g/mol. The van der Waals surface area contributed by atoms with E-state index < -0.39 is 5.54 Å². The van der Waals surface area contributed by atoms with E-state index in [0.29, 0.717) is 6.42 Å². The maximum Gasteiger partial charge on any atom is 0.120 e. The molecule has 2 unspecified atom stereocenters. The van der Waals surface area contributed by atoms with Crippen LogP contribution in [0.5, 0.6) is 0 Å². The van der Waals surface area contributed by atoms with Gasteiger partial charge in [0.1, 0.15) is 5.83 Å². The van der Waals surface area contributed by atoms with Gasteiger partial charge in [0, 0.05) is 6.04 Å². The van der Waals surface area contributed by atoms with E-state index in [1.807, 2.05) is 30.3 Å². The summed E-state index contributed by atoms with van der Waals surface area (Å²) < 4.78 is 13.2. The maximum absolute atomic E-state index is 13.2. The third-order valence-corrected chi connectivity index (χ3v) is 2.84. The molecule has 1 aromatic rings. The summed E-state index contributed by atoms with van der Waals surface area (Å²) in [5.74, 6) is -0.319. The Bertz CT molecular complexity index is 425. The number of benzene rings is 1. The van der Waals surface area contributed by atoms with Gasteiger partial charge >= 0.3 is 0 Å². The van der Waals surface area contributed by atoms with Gasteiger partial charge in [0.05, 0.1) is 5.54 Å². The van der Waals surface area contributed by atoms with Crippen molar-refractivity contribution < 1.29 is 4.39 Å². The lowest BCUT2D eigenvalue weighted by molar-refractivity contribution is 0.449. The first-order chi connectivity index (χ1) is 7.60. The Kier molecular flexibility index (Phi) is 2.90. The SMILES string of the molecule is NC1C=CC(F)=CC1(N)Cc1ccccc1. The first-order valence-corrected chi connectivity index (χ1v) is 5.25. The summed E-state index contributed by atoms with van der Waals surface area (Å²) in [4.78, 5) is 0. The van der Waals surface area contributed by atoms with E-state index in [9.17, 15) is 4.39 Å². The molecule has 0 spiro atoms. The van der Waals surface area contributed by atoms with Gasteiger partial charge in [-0.15, -0.1) is 0 Å². The van der Waals surface area contributed by atoms with E-state index in [2.05, 4.69) is 0 Å². The number of hydrogen-bond acceptors (Lipinski definition) is 2. The molecule has 1 aliphatic carbocycles. The van der Waals surface area contributed by atoms with Crippen LogP contribution >= 0.6 is 0 Å². The normalized spacial score (nSPS) is 28.9. The summed E-state index contributed by atoms with van der Waals surface area (Å²) in [6.45, 7) is 0. The molecule has 0 bridgehead atoms. The van der Waals surface area contributed by atoms with Gasteiger partial charge in [-0.05, 0) is 24.1 Å². The molecular weight excluding hydrogens is 203 g/mol. The fraction of sp³-hybridized carbons (Fsp3) is 0.231. The van der Waals surface area contributed by atoms with Gasteiger partial charge in [0.25, 0.3) is 0 Å². The summed E-state index contributed by atoms with van der Waals surface area (Å²) >= 11 is 0. The zero-order chi connectivity index (χ0) is 11.6. The van der Waals surface area contributed by atoms with Crippen LogP contribution in [0.4, 0.5) is 4.39 Å². The molecule has 1 aromatic carbocycles. The number of hydrogen-bond donors (Lipinski definition) is 2. The zero-order valence-corrected chi connectivity index (χ0v) is 8.94. The first kappa shape index (κ1) is 11.0. The van der Waals surface area contributed by atoms with Crippen molar-refractivity contribution in [1.82, 2.24) is 0 Å². The third kappa shape index (κ3) is 2.21. The second-order valence-corrected chi connectivity index (χ2v) is 4.19. The number of rotatable bonds is 2. The molecule has 0 aromatic heterocycles. The molecule has 0 saturated carbocycles. The zero-order valence-electron chi connectivity index (χ0n) is 8.94. The molecule has 3 heteroatoms. The maximum atomic E-state index is 13.2. The van der Waals surface area contributed by atoms with Crippen molar-refractivity contribution >= 4 is 0 Å². The van der Waals surface area contributed by atoms with Gasteiger partial charge in [0.2, 0.25) is 0 Å². The summed E-state index contributed by atoms with van der Waals surface area (Å²) in [6.07, 6.45) is 4.91. The lowest BCUT2D eigenvalue weighted by atomic mass is 9.82. The van der Waals surface area contributed by atoms with E-state index in [4.69, 9.17) is 11.5 Å². The van der Waals surface area contributed by atoms with E-state index in [0.717, 1.165) is 5.56 Å². The van der Waals surface area contributed by atoms with Crippen LogP contribution in [0, 0.1) is 0 Å². The van der Waals surface area contributed by atoms with Gasteiger partial charge < -0.3 is 11.5 Å². The van der Waals surface area contributed by atoms with Gasteiger partial charge in [0.15, 0.2) is 0 Å². The van der Waals surface area contributed by atoms with Gasteiger partial charge in [-0.1, -0.05) is 36.4 Å². The molecule has 0 saturated heterocycles. The van der Waals surface area contributed by atoms with Gasteiger partial charge in [-0.2, -0.15) is 0 Å². The number of allylic oxidation sites excluding steroid dienone is 2. The average molecular weight is 218 g/mol. The van der Waals surface area contributed by atoms with Crippen LogP contribution in [0.25, 0.3) is 0 Å². The molecule has 0 aliphatic heterocycles. The Labute approximate surface area is 94.4 Å². The highest BCUT2D eigenvalue weighted by atomic mass is 19.1. The smallest absolute Gasteiger partial charge is 0.120 e. The van der Waals surface area contributed by atoms with E-state index >= 15 is 0 Å². The van der Waals surface area contributed by atoms with E-state index in [1.54, 1.807) is 6.08 Å². The molecule has 16 heavy (non-hydrogen) atoms. The van der Waals surface area contributed by atoms with Crippen molar-refractivity contribution in [2.24, 2.45) is 11.5 Å². The largest absolute Gasteiger partial charge is 0.323 e. The van der Waals surface area contributed by atoms with Crippen molar-refractivity contribution in [2.75, 3.05) is 0 Å². The highest BCUT2D eigenvalue weighted by molar-refractivity contribution is 5.33. The van der Waals surface area contributed by atoms with Crippen LogP contribution in [0.15, 0.2) is 54.4 Å². The predicted octanol–water partition coefficient (Wildman–Crippen LogP) is 1.68. The van der Waals surface area contributed by atoms with Gasteiger partial charge in [-0.25, -0.2) is 4.39 Å². The van der Waals surface area contributed by atoms with Crippen LogP contribution in [0.2, 0.25) is 0 Å². The standard InChI is InChI=1S/C13H15FN2/c14-11-6-7-12(15)13(16,9-11)8-10-4-2-1-3-5-10/h1-7,9,12H,8,15-16H2. The molecule has 1 aliphatic rings. The summed E-state index contributed by atoms with van der Waals surface area (Å²) in [7, 11) is 0. The Morgan fingerprint density at radius 1 is 1.25 bits per heavy atom. The molecule has 2 rings (SSSR count). The van der Waals surface area contributed by atoms with Crippen molar-refractivity contribution in [2.45, 2.75) is 18.0 Å². The Morgan fingerprint density at radius 2 is 1.94 bits per heavy atom. The minimum atomic E-state index is -0.833. The predicted molar refractivity (Wildman–Crippen MR) is 63.4 cm³/mol.